The molecule has 0 bridgehead atoms. The van der Waals surface area contributed by atoms with E-state index in [9.17, 15) is 0 Å². The molecule has 0 aromatic carbocycles. The van der Waals surface area contributed by atoms with Gasteiger partial charge in [-0.25, -0.2) is 4.52 Å². The van der Waals surface area contributed by atoms with Gasteiger partial charge in [0.25, 0.3) is 0 Å². The zero-order valence-electron chi connectivity index (χ0n) is 9.50. The standard InChI is InChI=1S/C12H12N4S/c1-8-4-13-16-7-11(17-12(8)16)9-5-14-15(6-9)10-2-3-10/h4-7,10H,2-3H2,1H3. The molecule has 0 unspecified atom stereocenters. The summed E-state index contributed by atoms with van der Waals surface area (Å²) in [5.74, 6) is 0. The van der Waals surface area contributed by atoms with E-state index < -0.39 is 0 Å². The van der Waals surface area contributed by atoms with Crippen molar-refractivity contribution in [2.75, 3.05) is 0 Å². The first-order valence-corrected chi connectivity index (χ1v) is 6.61. The molecule has 0 atom stereocenters. The summed E-state index contributed by atoms with van der Waals surface area (Å²) in [6.07, 6.45) is 10.6. The molecule has 4 rings (SSSR count). The van der Waals surface area contributed by atoms with Gasteiger partial charge in [-0.15, -0.1) is 11.3 Å². The van der Waals surface area contributed by atoms with E-state index in [0.717, 1.165) is 0 Å². The van der Waals surface area contributed by atoms with E-state index in [-0.39, 0.29) is 0 Å². The van der Waals surface area contributed by atoms with Gasteiger partial charge < -0.3 is 0 Å². The number of fused-ring (bicyclic) bond motifs is 1. The van der Waals surface area contributed by atoms with Gasteiger partial charge in [0.15, 0.2) is 0 Å². The molecular formula is C12H12N4S. The van der Waals surface area contributed by atoms with E-state index in [4.69, 9.17) is 0 Å². The van der Waals surface area contributed by atoms with E-state index in [2.05, 4.69) is 34.2 Å². The average molecular weight is 244 g/mol. The summed E-state index contributed by atoms with van der Waals surface area (Å²) in [5, 5.41) is 8.74. The molecule has 0 radical (unpaired) electrons. The molecule has 0 N–H and O–H groups in total. The molecule has 3 heterocycles. The van der Waals surface area contributed by atoms with E-state index in [0.29, 0.717) is 6.04 Å². The molecule has 4 nitrogen and oxygen atoms in total. The summed E-state index contributed by atoms with van der Waals surface area (Å²) in [6, 6.07) is 0.648. The predicted molar refractivity (Wildman–Crippen MR) is 67.3 cm³/mol. The zero-order chi connectivity index (χ0) is 11.4. The highest BCUT2D eigenvalue weighted by Crippen LogP contribution is 2.36. The maximum Gasteiger partial charge on any atom is 0.122 e. The van der Waals surface area contributed by atoms with Crippen LogP contribution < -0.4 is 0 Å². The second kappa shape index (κ2) is 3.20. The Morgan fingerprint density at radius 2 is 2.12 bits per heavy atom. The fourth-order valence-corrected chi connectivity index (χ4v) is 3.03. The van der Waals surface area contributed by atoms with Gasteiger partial charge in [-0.3, -0.25) is 4.68 Å². The second-order valence-corrected chi connectivity index (χ2v) is 5.64. The third-order valence-electron chi connectivity index (χ3n) is 3.17. The van der Waals surface area contributed by atoms with Crippen molar-refractivity contribution in [1.82, 2.24) is 19.4 Å². The fraction of sp³-hybridized carbons (Fsp3) is 0.333. The molecule has 3 aromatic rings. The number of hydrogen-bond donors (Lipinski definition) is 0. The van der Waals surface area contributed by atoms with E-state index in [1.165, 1.54) is 33.7 Å². The van der Waals surface area contributed by atoms with Crippen LogP contribution in [0.25, 0.3) is 15.3 Å². The molecule has 3 aromatic heterocycles. The van der Waals surface area contributed by atoms with Gasteiger partial charge in [0.05, 0.1) is 23.3 Å². The SMILES string of the molecule is Cc1cnn2cc(-c3cnn(C4CC4)c3)sc12. The third-order valence-corrected chi connectivity index (χ3v) is 4.44. The lowest BCUT2D eigenvalue weighted by Crippen LogP contribution is -1.91. The van der Waals surface area contributed by atoms with Crippen molar-refractivity contribution in [2.24, 2.45) is 0 Å². The Balaban J connectivity index is 1.80. The van der Waals surface area contributed by atoms with Crippen molar-refractivity contribution >= 4 is 16.2 Å². The third kappa shape index (κ3) is 1.42. The Morgan fingerprint density at radius 3 is 2.88 bits per heavy atom. The molecule has 1 aliphatic carbocycles. The topological polar surface area (TPSA) is 35.1 Å². The Kier molecular flexibility index (Phi) is 1.77. The first kappa shape index (κ1) is 9.41. The predicted octanol–water partition coefficient (Wildman–Crippen LogP) is 2.90. The lowest BCUT2D eigenvalue weighted by Gasteiger charge is -1.93. The first-order valence-electron chi connectivity index (χ1n) is 5.79. The molecule has 17 heavy (non-hydrogen) atoms. The van der Waals surface area contributed by atoms with Gasteiger partial charge in [0, 0.05) is 23.5 Å². The van der Waals surface area contributed by atoms with E-state index >= 15 is 0 Å². The van der Waals surface area contributed by atoms with Crippen LogP contribution in [0.1, 0.15) is 24.4 Å². The van der Waals surface area contributed by atoms with Crippen LogP contribution in [0.2, 0.25) is 0 Å². The van der Waals surface area contributed by atoms with Crippen LogP contribution in [0, 0.1) is 6.92 Å². The summed E-state index contributed by atoms with van der Waals surface area (Å²) in [4.78, 5) is 2.46. The number of aryl methyl sites for hydroxylation is 1. The minimum Gasteiger partial charge on any atom is -0.269 e. The summed E-state index contributed by atoms with van der Waals surface area (Å²) in [5.41, 5.74) is 2.43. The Morgan fingerprint density at radius 1 is 1.24 bits per heavy atom. The van der Waals surface area contributed by atoms with Crippen molar-refractivity contribution in [1.29, 1.82) is 0 Å². The van der Waals surface area contributed by atoms with Crippen LogP contribution in [0.15, 0.2) is 24.8 Å². The molecule has 1 aliphatic rings. The Labute approximate surface area is 102 Å². The highest BCUT2D eigenvalue weighted by molar-refractivity contribution is 7.20. The highest BCUT2D eigenvalue weighted by atomic mass is 32.1. The summed E-state index contributed by atoms with van der Waals surface area (Å²) in [6.45, 7) is 2.09. The summed E-state index contributed by atoms with van der Waals surface area (Å²) < 4.78 is 4.04. The minimum atomic E-state index is 0.648. The van der Waals surface area contributed by atoms with Crippen LogP contribution in [-0.4, -0.2) is 19.4 Å². The van der Waals surface area contributed by atoms with Gasteiger partial charge in [-0.1, -0.05) is 0 Å². The molecular weight excluding hydrogens is 232 g/mol. The molecule has 5 heteroatoms. The summed E-state index contributed by atoms with van der Waals surface area (Å²) in [7, 11) is 0. The van der Waals surface area contributed by atoms with Crippen molar-refractivity contribution in [3.05, 3.63) is 30.4 Å². The normalized spacial score (nSPS) is 15.8. The largest absolute Gasteiger partial charge is 0.269 e. The van der Waals surface area contributed by atoms with Crippen LogP contribution in [0.4, 0.5) is 0 Å². The number of rotatable bonds is 2. The highest BCUT2D eigenvalue weighted by Gasteiger charge is 2.24. The Bertz CT molecular complexity index is 686. The number of aromatic nitrogens is 4. The minimum absolute atomic E-state index is 0.648. The van der Waals surface area contributed by atoms with Gasteiger partial charge in [-0.05, 0) is 19.8 Å². The van der Waals surface area contributed by atoms with Gasteiger partial charge in [-0.2, -0.15) is 10.2 Å². The quantitative estimate of drug-likeness (QED) is 0.694. The van der Waals surface area contributed by atoms with Crippen LogP contribution in [0.5, 0.6) is 0 Å². The van der Waals surface area contributed by atoms with Crippen molar-refractivity contribution in [2.45, 2.75) is 25.8 Å². The lowest BCUT2D eigenvalue weighted by molar-refractivity contribution is 0.642. The molecule has 0 saturated heterocycles. The Hall–Kier alpha value is -1.62. The monoisotopic (exact) mass is 244 g/mol. The van der Waals surface area contributed by atoms with E-state index in [1.54, 1.807) is 11.3 Å². The molecule has 86 valence electrons. The van der Waals surface area contributed by atoms with Crippen molar-refractivity contribution in [3.8, 4) is 10.4 Å². The number of thiazole rings is 1. The van der Waals surface area contributed by atoms with Crippen LogP contribution >= 0.6 is 11.3 Å². The first-order chi connectivity index (χ1) is 8.31. The zero-order valence-corrected chi connectivity index (χ0v) is 10.3. The van der Waals surface area contributed by atoms with Gasteiger partial charge in [0.2, 0.25) is 0 Å². The number of hydrogen-bond acceptors (Lipinski definition) is 3. The van der Waals surface area contributed by atoms with Crippen LogP contribution in [-0.2, 0) is 0 Å². The molecule has 1 fully saturated rings. The molecule has 0 amide bonds. The molecule has 0 spiro atoms. The second-order valence-electron chi connectivity index (χ2n) is 4.61. The lowest BCUT2D eigenvalue weighted by atomic mass is 10.3. The summed E-state index contributed by atoms with van der Waals surface area (Å²) >= 11 is 1.78. The fourth-order valence-electron chi connectivity index (χ4n) is 2.04. The molecule has 0 aliphatic heterocycles. The van der Waals surface area contributed by atoms with Crippen LogP contribution in [0.3, 0.4) is 0 Å². The maximum atomic E-state index is 4.43. The molecule has 1 saturated carbocycles. The van der Waals surface area contributed by atoms with Crippen molar-refractivity contribution < 1.29 is 0 Å². The average Bonchev–Trinajstić information content (AvgIpc) is 2.77. The van der Waals surface area contributed by atoms with Gasteiger partial charge >= 0.3 is 0 Å². The van der Waals surface area contributed by atoms with Gasteiger partial charge in [0.1, 0.15) is 4.83 Å². The smallest absolute Gasteiger partial charge is 0.122 e. The maximum absolute atomic E-state index is 4.43. The van der Waals surface area contributed by atoms with E-state index in [1.807, 2.05) is 16.9 Å². The number of nitrogens with zero attached hydrogens (tertiary/aromatic N) is 4. The van der Waals surface area contributed by atoms with Crippen molar-refractivity contribution in [3.63, 3.8) is 0 Å².